The molecule has 8 nitrogen and oxygen atoms in total. The minimum absolute atomic E-state index is 0.172. The molecule has 0 unspecified atom stereocenters. The summed E-state index contributed by atoms with van der Waals surface area (Å²) in [5.41, 5.74) is 3.19. The maximum Gasteiger partial charge on any atom is 0.271 e. The lowest BCUT2D eigenvalue weighted by Gasteiger charge is -2.30. The Hall–Kier alpha value is -4.34. The molecule has 1 amide bonds. The number of benzene rings is 3. The molecule has 1 aromatic heterocycles. The highest BCUT2D eigenvalue weighted by Gasteiger charge is 2.36. The van der Waals surface area contributed by atoms with Crippen molar-refractivity contribution < 1.29 is 19.0 Å². The van der Waals surface area contributed by atoms with Crippen LogP contribution in [0.2, 0.25) is 5.02 Å². The second kappa shape index (κ2) is 13.5. The third-order valence-corrected chi connectivity index (χ3v) is 8.72. The summed E-state index contributed by atoms with van der Waals surface area (Å²) >= 11 is 7.36. The second-order valence-corrected chi connectivity index (χ2v) is 11.6. The van der Waals surface area contributed by atoms with Crippen LogP contribution in [0.4, 0.5) is 0 Å². The number of hydrogen-bond donors (Lipinski definition) is 0. The normalized spacial score (nSPS) is 14.6. The number of rotatable bonds is 10. The molecule has 10 heteroatoms. The average Bonchev–Trinajstić information content (AvgIpc) is 3.33. The van der Waals surface area contributed by atoms with Crippen molar-refractivity contribution in [2.45, 2.75) is 33.4 Å². The van der Waals surface area contributed by atoms with Gasteiger partial charge in [-0.05, 0) is 80.4 Å². The monoisotopic (exact) mass is 631 g/mol. The van der Waals surface area contributed by atoms with Crippen molar-refractivity contribution in [1.82, 2.24) is 9.47 Å². The lowest BCUT2D eigenvalue weighted by atomic mass is 9.93. The molecule has 0 fully saturated rings. The van der Waals surface area contributed by atoms with Gasteiger partial charge >= 0.3 is 0 Å². The molecule has 0 N–H and O–H groups in total. The highest BCUT2D eigenvalue weighted by Crippen LogP contribution is 2.38. The molecule has 1 aliphatic heterocycles. The Kier molecular flexibility index (Phi) is 9.56. The Morgan fingerprint density at radius 3 is 2.41 bits per heavy atom. The Labute approximate surface area is 265 Å². The predicted molar refractivity (Wildman–Crippen MR) is 173 cm³/mol. The van der Waals surface area contributed by atoms with Crippen LogP contribution in [0.15, 0.2) is 87.8 Å². The van der Waals surface area contributed by atoms with Crippen molar-refractivity contribution in [3.63, 3.8) is 0 Å². The zero-order valence-corrected chi connectivity index (χ0v) is 26.9. The van der Waals surface area contributed by atoms with Gasteiger partial charge in [0, 0.05) is 23.7 Å². The van der Waals surface area contributed by atoms with E-state index in [0.717, 1.165) is 11.1 Å². The first-order valence-corrected chi connectivity index (χ1v) is 15.5. The molecule has 0 spiro atoms. The largest absolute Gasteiger partial charge is 0.497 e. The number of carbonyl (C=O) groups excluding carboxylic acids is 1. The van der Waals surface area contributed by atoms with E-state index in [1.54, 1.807) is 35.8 Å². The average molecular weight is 632 g/mol. The van der Waals surface area contributed by atoms with E-state index in [0.29, 0.717) is 68.1 Å². The van der Waals surface area contributed by atoms with E-state index in [2.05, 4.69) is 0 Å². The smallest absolute Gasteiger partial charge is 0.271 e. The van der Waals surface area contributed by atoms with Crippen LogP contribution in [0.3, 0.4) is 0 Å². The number of fused-ring (bicyclic) bond motifs is 1. The number of ether oxygens (including phenoxy) is 3. The third kappa shape index (κ3) is 6.30. The van der Waals surface area contributed by atoms with Crippen molar-refractivity contribution in [2.24, 2.45) is 4.99 Å². The molecule has 228 valence electrons. The molecule has 0 saturated carbocycles. The summed E-state index contributed by atoms with van der Waals surface area (Å²) in [5.74, 6) is 1.65. The van der Waals surface area contributed by atoms with Crippen molar-refractivity contribution in [1.29, 1.82) is 0 Å². The van der Waals surface area contributed by atoms with Gasteiger partial charge in [-0.2, -0.15) is 0 Å². The van der Waals surface area contributed by atoms with Gasteiger partial charge in [0.25, 0.3) is 11.5 Å². The number of hydrogen-bond acceptors (Lipinski definition) is 7. The number of thiazole rings is 1. The molecule has 0 saturated heterocycles. The van der Waals surface area contributed by atoms with Crippen LogP contribution in [0.25, 0.3) is 6.08 Å². The number of aromatic nitrogens is 1. The number of amides is 1. The predicted octanol–water partition coefficient (Wildman–Crippen LogP) is 5.35. The van der Waals surface area contributed by atoms with Crippen molar-refractivity contribution in [3.05, 3.63) is 119 Å². The SMILES string of the molecule is CCN(CC)C(=O)C1=C(C)N=c2s/c(=C/c3ccc(OCc4cccc(Cl)c4)cc3)c(=O)n2[C@@H]1c1cc(OC)ccc1OC. The number of likely N-dealkylation sites (N-methyl/N-ethyl adjacent to an activating group) is 1. The van der Waals surface area contributed by atoms with Crippen LogP contribution in [0.5, 0.6) is 17.2 Å². The Morgan fingerprint density at radius 2 is 1.75 bits per heavy atom. The fourth-order valence-corrected chi connectivity index (χ4v) is 6.49. The van der Waals surface area contributed by atoms with Gasteiger partial charge in [-0.25, -0.2) is 4.99 Å². The summed E-state index contributed by atoms with van der Waals surface area (Å²) in [5, 5.41) is 0.662. The lowest BCUT2D eigenvalue weighted by Crippen LogP contribution is -2.43. The molecule has 0 radical (unpaired) electrons. The van der Waals surface area contributed by atoms with Crippen LogP contribution < -0.4 is 29.1 Å². The van der Waals surface area contributed by atoms with Gasteiger partial charge in [-0.1, -0.05) is 47.2 Å². The molecular weight excluding hydrogens is 598 g/mol. The first kappa shape index (κ1) is 31.1. The zero-order valence-electron chi connectivity index (χ0n) is 25.3. The molecule has 4 aromatic rings. The maximum absolute atomic E-state index is 14.1. The molecule has 0 aliphatic carbocycles. The van der Waals surface area contributed by atoms with Gasteiger partial charge < -0.3 is 19.1 Å². The van der Waals surface area contributed by atoms with Gasteiger partial charge in [0.2, 0.25) is 0 Å². The summed E-state index contributed by atoms with van der Waals surface area (Å²) in [7, 11) is 3.15. The molecule has 1 aliphatic rings. The van der Waals surface area contributed by atoms with Crippen molar-refractivity contribution >= 4 is 34.9 Å². The Balaban J connectivity index is 1.57. The van der Waals surface area contributed by atoms with Crippen LogP contribution in [-0.2, 0) is 11.4 Å². The maximum atomic E-state index is 14.1. The molecule has 5 rings (SSSR count). The fourth-order valence-electron chi connectivity index (χ4n) is 5.23. The van der Waals surface area contributed by atoms with Crippen molar-refractivity contribution in [2.75, 3.05) is 27.3 Å². The molecule has 1 atom stereocenters. The van der Waals surface area contributed by atoms with E-state index in [1.807, 2.05) is 81.4 Å². The number of methoxy groups -OCH3 is 2. The van der Waals surface area contributed by atoms with Crippen LogP contribution in [-0.4, -0.2) is 42.7 Å². The van der Waals surface area contributed by atoms with Crippen LogP contribution in [0, 0.1) is 0 Å². The highest BCUT2D eigenvalue weighted by molar-refractivity contribution is 7.07. The van der Waals surface area contributed by atoms with E-state index < -0.39 is 6.04 Å². The summed E-state index contributed by atoms with van der Waals surface area (Å²) in [6.45, 7) is 7.12. The summed E-state index contributed by atoms with van der Waals surface area (Å²) in [4.78, 5) is 35.0. The second-order valence-electron chi connectivity index (χ2n) is 10.2. The summed E-state index contributed by atoms with van der Waals surface area (Å²) < 4.78 is 19.3. The van der Waals surface area contributed by atoms with Gasteiger partial charge in [0.1, 0.15) is 29.9 Å². The molecule has 0 bridgehead atoms. The summed E-state index contributed by atoms with van der Waals surface area (Å²) in [6.07, 6.45) is 1.83. The van der Waals surface area contributed by atoms with Gasteiger partial charge in [-0.3, -0.25) is 14.2 Å². The highest BCUT2D eigenvalue weighted by atomic mass is 35.5. The van der Waals surface area contributed by atoms with E-state index in [9.17, 15) is 9.59 Å². The van der Waals surface area contributed by atoms with Crippen LogP contribution in [0.1, 0.15) is 43.5 Å². The van der Waals surface area contributed by atoms with Gasteiger partial charge in [0.05, 0.1) is 30.0 Å². The molecule has 3 aromatic carbocycles. The van der Waals surface area contributed by atoms with Gasteiger partial charge in [0.15, 0.2) is 4.80 Å². The van der Waals surface area contributed by atoms with E-state index in [1.165, 1.54) is 11.3 Å². The Bertz CT molecular complexity index is 1890. The van der Waals surface area contributed by atoms with Crippen LogP contribution >= 0.6 is 22.9 Å². The standard InChI is InChI=1S/C34H34ClN3O5S/c1-6-37(7-2)33(40)30-21(3)36-34-38(31(30)27-19-26(41-4)15-16-28(27)42-5)32(39)29(44-34)18-22-11-13-25(14-12-22)43-20-23-9-8-10-24(35)17-23/h8-19,31H,6-7,20H2,1-5H3/b29-18+/t31-/m1/s1. The summed E-state index contributed by atoms with van der Waals surface area (Å²) in [6, 6.07) is 19.7. The quantitative estimate of drug-likeness (QED) is 0.236. The lowest BCUT2D eigenvalue weighted by molar-refractivity contribution is -0.127. The minimum atomic E-state index is -0.756. The third-order valence-electron chi connectivity index (χ3n) is 7.51. The van der Waals surface area contributed by atoms with Crippen molar-refractivity contribution in [3.8, 4) is 17.2 Å². The molecule has 2 heterocycles. The number of allylic oxidation sites excluding steroid dienone is 1. The molecular formula is C34H34ClN3O5S. The number of nitrogens with zero attached hydrogens (tertiary/aromatic N) is 3. The zero-order chi connectivity index (χ0) is 31.4. The number of carbonyl (C=O) groups is 1. The number of halogens is 1. The Morgan fingerprint density at radius 1 is 1.02 bits per heavy atom. The first-order valence-electron chi connectivity index (χ1n) is 14.3. The minimum Gasteiger partial charge on any atom is -0.497 e. The first-order chi connectivity index (χ1) is 21.3. The van der Waals surface area contributed by atoms with E-state index in [-0.39, 0.29) is 11.5 Å². The van der Waals surface area contributed by atoms with E-state index in [4.69, 9.17) is 30.8 Å². The van der Waals surface area contributed by atoms with Gasteiger partial charge in [-0.15, -0.1) is 0 Å². The van der Waals surface area contributed by atoms with E-state index >= 15 is 0 Å². The fraction of sp³-hybridized carbons (Fsp3) is 0.265. The topological polar surface area (TPSA) is 82.4 Å². The molecule has 44 heavy (non-hydrogen) atoms.